The van der Waals surface area contributed by atoms with Crippen molar-refractivity contribution in [2.45, 2.75) is 26.7 Å². The van der Waals surface area contributed by atoms with Gasteiger partial charge in [-0.2, -0.15) is 0 Å². The van der Waals surface area contributed by atoms with E-state index in [4.69, 9.17) is 14.6 Å². The van der Waals surface area contributed by atoms with Crippen LogP contribution in [0.25, 0.3) is 6.08 Å². The Morgan fingerprint density at radius 2 is 2.17 bits per heavy atom. The minimum atomic E-state index is -1.03. The van der Waals surface area contributed by atoms with Crippen molar-refractivity contribution in [3.05, 3.63) is 23.8 Å². The number of fused-ring (bicyclic) bond motifs is 1. The molecule has 1 aliphatic rings. The smallest absolute Gasteiger partial charge is 0.328 e. The second-order valence-electron chi connectivity index (χ2n) is 5.22. The number of carbonyl (C=O) groups is 2. The first kappa shape index (κ1) is 16.9. The van der Waals surface area contributed by atoms with Crippen molar-refractivity contribution < 1.29 is 24.2 Å². The van der Waals surface area contributed by atoms with Crippen LogP contribution in [0.1, 0.15) is 32.3 Å². The molecule has 0 saturated carbocycles. The van der Waals surface area contributed by atoms with Gasteiger partial charge < -0.3 is 19.5 Å². The van der Waals surface area contributed by atoms with Crippen LogP contribution in [0.2, 0.25) is 0 Å². The van der Waals surface area contributed by atoms with Crippen LogP contribution >= 0.6 is 0 Å². The summed E-state index contributed by atoms with van der Waals surface area (Å²) in [6.45, 7) is 5.07. The number of carbonyl (C=O) groups excluding carboxylic acids is 1. The molecule has 0 atom stereocenters. The maximum absolute atomic E-state index is 12.1. The quantitative estimate of drug-likeness (QED) is 0.782. The van der Waals surface area contributed by atoms with Crippen molar-refractivity contribution in [3.8, 4) is 11.5 Å². The SMILES string of the molecule is CCCOc1cc(/C=C/C(=O)O)cc2c1OCC(=O)N2CCC. The number of hydrogen-bond acceptors (Lipinski definition) is 4. The van der Waals surface area contributed by atoms with Crippen LogP contribution in [0, 0.1) is 0 Å². The Morgan fingerprint density at radius 3 is 2.83 bits per heavy atom. The summed E-state index contributed by atoms with van der Waals surface area (Å²) in [6.07, 6.45) is 4.18. The van der Waals surface area contributed by atoms with Crippen molar-refractivity contribution >= 4 is 23.6 Å². The molecule has 1 amide bonds. The summed E-state index contributed by atoms with van der Waals surface area (Å²) in [5.41, 5.74) is 1.28. The molecule has 0 aliphatic carbocycles. The highest BCUT2D eigenvalue weighted by atomic mass is 16.5. The molecule has 0 unspecified atom stereocenters. The Morgan fingerprint density at radius 1 is 1.39 bits per heavy atom. The summed E-state index contributed by atoms with van der Waals surface area (Å²) in [6, 6.07) is 3.48. The van der Waals surface area contributed by atoms with Gasteiger partial charge in [0.2, 0.25) is 0 Å². The van der Waals surface area contributed by atoms with Crippen LogP contribution in [-0.2, 0) is 9.59 Å². The van der Waals surface area contributed by atoms with Crippen LogP contribution in [0.4, 0.5) is 5.69 Å². The molecule has 1 aromatic carbocycles. The van der Waals surface area contributed by atoms with Gasteiger partial charge in [-0.3, -0.25) is 4.79 Å². The molecule has 1 N–H and O–H groups in total. The monoisotopic (exact) mass is 319 g/mol. The lowest BCUT2D eigenvalue weighted by Crippen LogP contribution is -2.39. The van der Waals surface area contributed by atoms with Gasteiger partial charge in [0.25, 0.3) is 5.91 Å². The van der Waals surface area contributed by atoms with Gasteiger partial charge in [-0.25, -0.2) is 4.79 Å². The van der Waals surface area contributed by atoms with E-state index in [1.165, 1.54) is 6.08 Å². The molecule has 6 heteroatoms. The maximum Gasteiger partial charge on any atom is 0.328 e. The molecule has 124 valence electrons. The van der Waals surface area contributed by atoms with Crippen LogP contribution in [0.5, 0.6) is 11.5 Å². The fourth-order valence-electron chi connectivity index (χ4n) is 2.35. The molecule has 0 bridgehead atoms. The van der Waals surface area contributed by atoms with Crippen LogP contribution in [0.15, 0.2) is 18.2 Å². The highest BCUT2D eigenvalue weighted by Crippen LogP contribution is 2.42. The van der Waals surface area contributed by atoms with Crippen molar-refractivity contribution in [1.82, 2.24) is 0 Å². The van der Waals surface area contributed by atoms with Gasteiger partial charge >= 0.3 is 5.97 Å². The number of carboxylic acid groups (broad SMARTS) is 1. The van der Waals surface area contributed by atoms with E-state index in [-0.39, 0.29) is 12.5 Å². The topological polar surface area (TPSA) is 76.1 Å². The summed E-state index contributed by atoms with van der Waals surface area (Å²) in [5.74, 6) is -0.0707. The molecule has 0 spiro atoms. The molecule has 2 rings (SSSR count). The second kappa shape index (κ2) is 7.67. The lowest BCUT2D eigenvalue weighted by atomic mass is 10.1. The third kappa shape index (κ3) is 4.03. The zero-order chi connectivity index (χ0) is 16.8. The Labute approximate surface area is 135 Å². The van der Waals surface area contributed by atoms with E-state index in [0.29, 0.717) is 35.9 Å². The number of nitrogens with zero attached hydrogens (tertiary/aromatic N) is 1. The van der Waals surface area contributed by atoms with E-state index in [9.17, 15) is 9.59 Å². The largest absolute Gasteiger partial charge is 0.490 e. The third-order valence-corrected chi connectivity index (χ3v) is 3.32. The van der Waals surface area contributed by atoms with Crippen molar-refractivity contribution in [3.63, 3.8) is 0 Å². The lowest BCUT2D eigenvalue weighted by molar-refractivity contribution is -0.131. The molecule has 1 aliphatic heterocycles. The average molecular weight is 319 g/mol. The Kier molecular flexibility index (Phi) is 5.62. The van der Waals surface area contributed by atoms with Crippen LogP contribution in [-0.4, -0.2) is 36.7 Å². The number of aliphatic carboxylic acids is 1. The zero-order valence-corrected chi connectivity index (χ0v) is 13.4. The first-order valence-corrected chi connectivity index (χ1v) is 7.71. The van der Waals surface area contributed by atoms with Gasteiger partial charge in [-0.15, -0.1) is 0 Å². The summed E-state index contributed by atoms with van der Waals surface area (Å²) >= 11 is 0. The van der Waals surface area contributed by atoms with E-state index in [1.54, 1.807) is 17.0 Å². The van der Waals surface area contributed by atoms with E-state index in [1.807, 2.05) is 13.8 Å². The number of anilines is 1. The molecule has 1 heterocycles. The highest BCUT2D eigenvalue weighted by Gasteiger charge is 2.28. The van der Waals surface area contributed by atoms with Gasteiger partial charge in [-0.1, -0.05) is 13.8 Å². The maximum atomic E-state index is 12.1. The summed E-state index contributed by atoms with van der Waals surface area (Å²) in [5, 5.41) is 8.79. The van der Waals surface area contributed by atoms with Crippen molar-refractivity contribution in [1.29, 1.82) is 0 Å². The fraction of sp³-hybridized carbons (Fsp3) is 0.412. The zero-order valence-electron chi connectivity index (χ0n) is 13.4. The summed E-state index contributed by atoms with van der Waals surface area (Å²) < 4.78 is 11.3. The molecule has 0 radical (unpaired) electrons. The van der Waals surface area contributed by atoms with Gasteiger partial charge in [0, 0.05) is 12.6 Å². The lowest BCUT2D eigenvalue weighted by Gasteiger charge is -2.30. The molecule has 1 aromatic rings. The Hall–Kier alpha value is -2.50. The van der Waals surface area contributed by atoms with Gasteiger partial charge in [0.15, 0.2) is 18.1 Å². The molecule has 0 aromatic heterocycles. The minimum absolute atomic E-state index is 0.0141. The third-order valence-electron chi connectivity index (χ3n) is 3.32. The summed E-state index contributed by atoms with van der Waals surface area (Å²) in [7, 11) is 0. The molecular formula is C17H21NO5. The van der Waals surface area contributed by atoms with Gasteiger partial charge in [0.05, 0.1) is 12.3 Å². The highest BCUT2D eigenvalue weighted by molar-refractivity contribution is 5.99. The van der Waals surface area contributed by atoms with E-state index in [0.717, 1.165) is 18.9 Å². The number of hydrogen-bond donors (Lipinski definition) is 1. The normalized spacial score (nSPS) is 13.8. The van der Waals surface area contributed by atoms with E-state index < -0.39 is 5.97 Å². The predicted octanol–water partition coefficient (Wildman–Crippen LogP) is 2.71. The fourth-order valence-corrected chi connectivity index (χ4v) is 2.35. The molecular weight excluding hydrogens is 298 g/mol. The van der Waals surface area contributed by atoms with Gasteiger partial charge in [-0.05, 0) is 36.6 Å². The predicted molar refractivity (Wildman–Crippen MR) is 87.0 cm³/mol. The van der Waals surface area contributed by atoms with Crippen LogP contribution < -0.4 is 14.4 Å². The number of amides is 1. The van der Waals surface area contributed by atoms with Gasteiger partial charge in [0.1, 0.15) is 0 Å². The first-order valence-electron chi connectivity index (χ1n) is 7.71. The molecule has 0 fully saturated rings. The second-order valence-corrected chi connectivity index (χ2v) is 5.22. The Bertz CT molecular complexity index is 624. The standard InChI is InChI=1S/C17H21NO5/c1-3-7-18-13-9-12(5-6-16(20)21)10-14(22-8-4-2)17(13)23-11-15(18)19/h5-6,9-10H,3-4,7-8,11H2,1-2H3,(H,20,21)/b6-5+. The molecule has 23 heavy (non-hydrogen) atoms. The van der Waals surface area contributed by atoms with E-state index in [2.05, 4.69) is 0 Å². The average Bonchev–Trinajstić information content (AvgIpc) is 2.53. The summed E-state index contributed by atoms with van der Waals surface area (Å²) in [4.78, 5) is 24.5. The van der Waals surface area contributed by atoms with Crippen LogP contribution in [0.3, 0.4) is 0 Å². The van der Waals surface area contributed by atoms with E-state index >= 15 is 0 Å². The Balaban J connectivity index is 2.48. The molecule has 6 nitrogen and oxygen atoms in total. The minimum Gasteiger partial charge on any atom is -0.490 e. The van der Waals surface area contributed by atoms with Crippen molar-refractivity contribution in [2.75, 3.05) is 24.7 Å². The number of benzene rings is 1. The molecule has 0 saturated heterocycles. The number of ether oxygens (including phenoxy) is 2. The number of carboxylic acids is 1. The first-order chi connectivity index (χ1) is 11.1. The number of rotatable bonds is 7. The van der Waals surface area contributed by atoms with Crippen molar-refractivity contribution in [2.24, 2.45) is 0 Å².